The van der Waals surface area contributed by atoms with E-state index in [0.29, 0.717) is 18.4 Å². The monoisotopic (exact) mass is 338 g/mol. The Morgan fingerprint density at radius 2 is 1.87 bits per heavy atom. The normalized spacial score (nSPS) is 17.9. The molecule has 1 saturated heterocycles. The number of nitrogens with two attached hydrogens (primary N) is 1. The molecular weight excluding hydrogens is 312 g/mol. The maximum atomic E-state index is 12.1. The van der Waals surface area contributed by atoms with Crippen LogP contribution in [0.2, 0.25) is 5.02 Å². The first-order chi connectivity index (χ1) is 10.8. The van der Waals surface area contributed by atoms with E-state index in [-0.39, 0.29) is 6.09 Å². The fourth-order valence-corrected chi connectivity index (χ4v) is 3.25. The van der Waals surface area contributed by atoms with E-state index in [4.69, 9.17) is 22.1 Å². The number of hydrogen-bond acceptors (Lipinski definition) is 3. The molecule has 128 valence electrons. The molecule has 1 aliphatic rings. The van der Waals surface area contributed by atoms with Gasteiger partial charge in [0.15, 0.2) is 0 Å². The predicted octanol–water partition coefficient (Wildman–Crippen LogP) is 4.03. The molecule has 1 unspecified atom stereocenters. The minimum Gasteiger partial charge on any atom is -0.444 e. The van der Waals surface area contributed by atoms with Crippen LogP contribution in [0.15, 0.2) is 24.3 Å². The fraction of sp³-hybridized carbons (Fsp3) is 0.611. The highest BCUT2D eigenvalue weighted by Gasteiger charge is 2.30. The van der Waals surface area contributed by atoms with Crippen molar-refractivity contribution in [3.8, 4) is 0 Å². The van der Waals surface area contributed by atoms with E-state index in [2.05, 4.69) is 12.1 Å². The zero-order chi connectivity index (χ0) is 17.0. The highest BCUT2D eigenvalue weighted by molar-refractivity contribution is 6.30. The average molecular weight is 339 g/mol. The van der Waals surface area contributed by atoms with E-state index in [1.54, 1.807) is 4.90 Å². The van der Waals surface area contributed by atoms with Gasteiger partial charge in [0.05, 0.1) is 0 Å². The van der Waals surface area contributed by atoms with Gasteiger partial charge in [0.2, 0.25) is 0 Å². The first kappa shape index (κ1) is 18.1. The second-order valence-electron chi connectivity index (χ2n) is 7.20. The summed E-state index contributed by atoms with van der Waals surface area (Å²) >= 11 is 5.96. The van der Waals surface area contributed by atoms with Gasteiger partial charge in [0.1, 0.15) is 5.60 Å². The number of likely N-dealkylation sites (tertiary alicyclic amines) is 1. The van der Waals surface area contributed by atoms with Gasteiger partial charge in [-0.25, -0.2) is 4.79 Å². The molecule has 0 aliphatic carbocycles. The Labute approximate surface area is 143 Å². The van der Waals surface area contributed by atoms with Crippen molar-refractivity contribution in [3.05, 3.63) is 34.9 Å². The zero-order valence-electron chi connectivity index (χ0n) is 14.2. The van der Waals surface area contributed by atoms with Crippen molar-refractivity contribution in [2.24, 2.45) is 11.7 Å². The van der Waals surface area contributed by atoms with Crippen LogP contribution in [-0.4, -0.2) is 36.2 Å². The second-order valence-corrected chi connectivity index (χ2v) is 7.64. The third-order valence-corrected chi connectivity index (χ3v) is 4.56. The number of benzene rings is 1. The van der Waals surface area contributed by atoms with Crippen LogP contribution in [0.1, 0.15) is 45.1 Å². The van der Waals surface area contributed by atoms with Crippen molar-refractivity contribution in [2.45, 2.75) is 45.1 Å². The van der Waals surface area contributed by atoms with Crippen LogP contribution in [0.25, 0.3) is 0 Å². The molecule has 1 atom stereocenters. The Morgan fingerprint density at radius 3 is 2.35 bits per heavy atom. The van der Waals surface area contributed by atoms with Gasteiger partial charge in [-0.1, -0.05) is 23.7 Å². The fourth-order valence-electron chi connectivity index (χ4n) is 3.12. The smallest absolute Gasteiger partial charge is 0.410 e. The SMILES string of the molecule is CC(C)(C)OC(=O)N1CCC(C(CN)c2ccc(Cl)cc2)CC1. The number of piperidine rings is 1. The third-order valence-electron chi connectivity index (χ3n) is 4.31. The standard InChI is InChI=1S/C18H27ClN2O2/c1-18(2,3)23-17(22)21-10-8-14(9-11-21)16(12-20)13-4-6-15(19)7-5-13/h4-7,14,16H,8-12,20H2,1-3H3. The summed E-state index contributed by atoms with van der Waals surface area (Å²) in [4.78, 5) is 13.9. The van der Waals surface area contributed by atoms with Crippen molar-refractivity contribution in [3.63, 3.8) is 0 Å². The number of hydrogen-bond donors (Lipinski definition) is 1. The largest absolute Gasteiger partial charge is 0.444 e. The molecule has 0 bridgehead atoms. The molecule has 1 heterocycles. The van der Waals surface area contributed by atoms with Crippen LogP contribution in [0.3, 0.4) is 0 Å². The molecule has 1 aromatic rings. The van der Waals surface area contributed by atoms with Crippen molar-refractivity contribution in [1.82, 2.24) is 4.90 Å². The van der Waals surface area contributed by atoms with Crippen LogP contribution < -0.4 is 5.73 Å². The molecule has 0 spiro atoms. The van der Waals surface area contributed by atoms with Crippen molar-refractivity contribution in [1.29, 1.82) is 0 Å². The topological polar surface area (TPSA) is 55.6 Å². The van der Waals surface area contributed by atoms with Crippen molar-refractivity contribution >= 4 is 17.7 Å². The maximum absolute atomic E-state index is 12.1. The first-order valence-corrected chi connectivity index (χ1v) is 8.61. The molecule has 2 rings (SSSR count). The molecular formula is C18H27ClN2O2. The summed E-state index contributed by atoms with van der Waals surface area (Å²) in [5.41, 5.74) is 6.80. The van der Waals surface area contributed by atoms with E-state index in [0.717, 1.165) is 31.0 Å². The molecule has 4 nitrogen and oxygen atoms in total. The molecule has 23 heavy (non-hydrogen) atoms. The van der Waals surface area contributed by atoms with E-state index in [9.17, 15) is 4.79 Å². The summed E-state index contributed by atoms with van der Waals surface area (Å²) in [6.07, 6.45) is 1.68. The van der Waals surface area contributed by atoms with Gasteiger partial charge in [-0.2, -0.15) is 0 Å². The number of nitrogens with zero attached hydrogens (tertiary/aromatic N) is 1. The van der Waals surface area contributed by atoms with E-state index < -0.39 is 5.60 Å². The zero-order valence-corrected chi connectivity index (χ0v) is 15.0. The number of carbonyl (C=O) groups excluding carboxylic acids is 1. The van der Waals surface area contributed by atoms with Gasteiger partial charge in [-0.05, 0) is 69.7 Å². The van der Waals surface area contributed by atoms with E-state index >= 15 is 0 Å². The van der Waals surface area contributed by atoms with E-state index in [1.807, 2.05) is 32.9 Å². The lowest BCUT2D eigenvalue weighted by Gasteiger charge is -2.36. The molecule has 5 heteroatoms. The second kappa shape index (κ2) is 7.54. The van der Waals surface area contributed by atoms with Crippen LogP contribution in [0.5, 0.6) is 0 Å². The lowest BCUT2D eigenvalue weighted by atomic mass is 9.80. The summed E-state index contributed by atoms with van der Waals surface area (Å²) in [6.45, 7) is 7.74. The Kier molecular flexibility index (Phi) is 5.93. The van der Waals surface area contributed by atoms with Gasteiger partial charge in [0, 0.05) is 18.1 Å². The summed E-state index contributed by atoms with van der Waals surface area (Å²) in [7, 11) is 0. The number of amides is 1. The van der Waals surface area contributed by atoms with Crippen molar-refractivity contribution < 1.29 is 9.53 Å². The third kappa shape index (κ3) is 5.11. The van der Waals surface area contributed by atoms with Crippen LogP contribution in [-0.2, 0) is 4.74 Å². The molecule has 1 amide bonds. The minimum absolute atomic E-state index is 0.216. The molecule has 0 radical (unpaired) electrons. The van der Waals surface area contributed by atoms with Gasteiger partial charge < -0.3 is 15.4 Å². The first-order valence-electron chi connectivity index (χ1n) is 8.23. The highest BCUT2D eigenvalue weighted by atomic mass is 35.5. The Morgan fingerprint density at radius 1 is 1.30 bits per heavy atom. The summed E-state index contributed by atoms with van der Waals surface area (Å²) in [5, 5.41) is 0.740. The summed E-state index contributed by atoms with van der Waals surface area (Å²) in [6, 6.07) is 7.94. The molecule has 1 aliphatic heterocycles. The predicted molar refractivity (Wildman–Crippen MR) is 93.8 cm³/mol. The highest BCUT2D eigenvalue weighted by Crippen LogP contribution is 2.33. The van der Waals surface area contributed by atoms with Crippen LogP contribution >= 0.6 is 11.6 Å². The van der Waals surface area contributed by atoms with Crippen LogP contribution in [0.4, 0.5) is 4.79 Å². The van der Waals surface area contributed by atoms with Crippen LogP contribution in [0, 0.1) is 5.92 Å². The Balaban J connectivity index is 1.94. The molecule has 1 aromatic carbocycles. The van der Waals surface area contributed by atoms with Gasteiger partial charge >= 0.3 is 6.09 Å². The molecule has 0 saturated carbocycles. The summed E-state index contributed by atoms with van der Waals surface area (Å²) < 4.78 is 5.44. The molecule has 2 N–H and O–H groups in total. The Hall–Kier alpha value is -1.26. The number of rotatable bonds is 3. The maximum Gasteiger partial charge on any atom is 0.410 e. The minimum atomic E-state index is -0.447. The summed E-state index contributed by atoms with van der Waals surface area (Å²) in [5.74, 6) is 0.799. The van der Waals surface area contributed by atoms with Gasteiger partial charge in [0.25, 0.3) is 0 Å². The molecule has 0 aromatic heterocycles. The van der Waals surface area contributed by atoms with Crippen molar-refractivity contribution in [2.75, 3.05) is 19.6 Å². The number of halogens is 1. The van der Waals surface area contributed by atoms with E-state index in [1.165, 1.54) is 5.56 Å². The number of carbonyl (C=O) groups is 1. The molecule has 1 fully saturated rings. The Bertz CT molecular complexity index is 517. The average Bonchev–Trinajstić information content (AvgIpc) is 2.49. The van der Waals surface area contributed by atoms with Gasteiger partial charge in [-0.15, -0.1) is 0 Å². The van der Waals surface area contributed by atoms with Gasteiger partial charge in [-0.3, -0.25) is 0 Å². The lowest BCUT2D eigenvalue weighted by molar-refractivity contribution is 0.0175. The lowest BCUT2D eigenvalue weighted by Crippen LogP contribution is -2.43. The number of ether oxygens (including phenoxy) is 1. The quantitative estimate of drug-likeness (QED) is 0.905.